The minimum absolute atomic E-state index is 0.293. The van der Waals surface area contributed by atoms with E-state index in [-0.39, 0.29) is 5.91 Å². The van der Waals surface area contributed by atoms with E-state index in [4.69, 9.17) is 5.73 Å². The SMILES string of the molecule is NC(=O)CC1=CC=CN=CS1. The standard InChI is InChI=1S/C7H8N2OS/c8-7(10)4-6-2-1-3-9-5-11-6/h1-3,5H,4H2,(H2,8,10). The number of hydrogen-bond acceptors (Lipinski definition) is 3. The van der Waals surface area contributed by atoms with Crippen LogP contribution in [0.3, 0.4) is 0 Å². The van der Waals surface area contributed by atoms with Crippen LogP contribution >= 0.6 is 11.8 Å². The molecule has 2 N–H and O–H groups in total. The number of allylic oxidation sites excluding steroid dienone is 2. The summed E-state index contributed by atoms with van der Waals surface area (Å²) in [7, 11) is 0. The van der Waals surface area contributed by atoms with Crippen molar-refractivity contribution in [2.45, 2.75) is 6.42 Å². The number of nitrogens with zero attached hydrogens (tertiary/aromatic N) is 1. The molecule has 3 nitrogen and oxygen atoms in total. The van der Waals surface area contributed by atoms with E-state index in [1.54, 1.807) is 17.8 Å². The van der Waals surface area contributed by atoms with Crippen LogP contribution in [-0.2, 0) is 4.79 Å². The maximum atomic E-state index is 10.5. The minimum Gasteiger partial charge on any atom is -0.369 e. The Morgan fingerprint density at radius 1 is 1.73 bits per heavy atom. The van der Waals surface area contributed by atoms with Gasteiger partial charge in [-0.15, -0.1) is 0 Å². The first-order valence-corrected chi connectivity index (χ1v) is 3.99. The molecule has 1 aliphatic rings. The van der Waals surface area contributed by atoms with Gasteiger partial charge < -0.3 is 5.73 Å². The molecule has 11 heavy (non-hydrogen) atoms. The van der Waals surface area contributed by atoms with E-state index < -0.39 is 0 Å². The Morgan fingerprint density at radius 3 is 3.27 bits per heavy atom. The molecule has 0 aromatic carbocycles. The highest BCUT2D eigenvalue weighted by molar-refractivity contribution is 8.15. The van der Waals surface area contributed by atoms with Crippen molar-refractivity contribution >= 4 is 23.2 Å². The molecule has 0 radical (unpaired) electrons. The van der Waals surface area contributed by atoms with Crippen molar-refractivity contribution in [3.8, 4) is 0 Å². The lowest BCUT2D eigenvalue weighted by molar-refractivity contribution is -0.117. The van der Waals surface area contributed by atoms with Crippen molar-refractivity contribution in [1.29, 1.82) is 0 Å². The second-order valence-electron chi connectivity index (χ2n) is 1.99. The van der Waals surface area contributed by atoms with Crippen LogP contribution < -0.4 is 5.73 Å². The molecule has 0 aromatic heterocycles. The number of hydrogen-bond donors (Lipinski definition) is 1. The van der Waals surface area contributed by atoms with Crippen LogP contribution in [0.4, 0.5) is 0 Å². The Morgan fingerprint density at radius 2 is 2.55 bits per heavy atom. The van der Waals surface area contributed by atoms with Gasteiger partial charge in [0.1, 0.15) is 0 Å². The maximum Gasteiger partial charge on any atom is 0.222 e. The molecule has 0 aromatic rings. The van der Waals surface area contributed by atoms with Gasteiger partial charge >= 0.3 is 0 Å². The summed E-state index contributed by atoms with van der Waals surface area (Å²) in [6.07, 6.45) is 5.58. The van der Waals surface area contributed by atoms with Crippen molar-refractivity contribution < 1.29 is 4.79 Å². The van der Waals surface area contributed by atoms with Gasteiger partial charge in [0.05, 0.1) is 12.0 Å². The van der Waals surface area contributed by atoms with Gasteiger partial charge in [-0.05, 0) is 6.08 Å². The molecule has 1 rings (SSSR count). The predicted octanol–water partition coefficient (Wildman–Crippen LogP) is 1.03. The van der Waals surface area contributed by atoms with Crippen molar-refractivity contribution in [3.05, 3.63) is 23.3 Å². The van der Waals surface area contributed by atoms with Gasteiger partial charge in [0.15, 0.2) is 0 Å². The molecule has 0 saturated heterocycles. The zero-order chi connectivity index (χ0) is 8.10. The normalized spacial score (nSPS) is 15.8. The van der Waals surface area contributed by atoms with Crippen LogP contribution in [0, 0.1) is 0 Å². The summed E-state index contributed by atoms with van der Waals surface area (Å²) < 4.78 is 0. The smallest absolute Gasteiger partial charge is 0.222 e. The van der Waals surface area contributed by atoms with Gasteiger partial charge in [0.25, 0.3) is 0 Å². The summed E-state index contributed by atoms with van der Waals surface area (Å²) in [6.45, 7) is 0. The lowest BCUT2D eigenvalue weighted by Crippen LogP contribution is -2.10. The van der Waals surface area contributed by atoms with Crippen LogP contribution in [0.15, 0.2) is 28.2 Å². The number of rotatable bonds is 2. The topological polar surface area (TPSA) is 55.5 Å². The number of carbonyl (C=O) groups excluding carboxylic acids is 1. The first kappa shape index (κ1) is 8.07. The van der Waals surface area contributed by atoms with E-state index in [1.165, 1.54) is 11.8 Å². The Bertz CT molecular complexity index is 243. The lowest BCUT2D eigenvalue weighted by Gasteiger charge is -1.96. The third-order valence-electron chi connectivity index (χ3n) is 1.07. The Kier molecular flexibility index (Phi) is 2.92. The third kappa shape index (κ3) is 3.04. The molecule has 0 bridgehead atoms. The lowest BCUT2D eigenvalue weighted by atomic mass is 10.3. The Hall–Kier alpha value is -1.03. The fraction of sp³-hybridized carbons (Fsp3) is 0.143. The number of amides is 1. The molecule has 0 unspecified atom stereocenters. The summed E-state index contributed by atoms with van der Waals surface area (Å²) >= 11 is 1.42. The predicted molar refractivity (Wildman–Crippen MR) is 47.1 cm³/mol. The van der Waals surface area contributed by atoms with E-state index in [0.29, 0.717) is 6.42 Å². The molecule has 1 aliphatic heterocycles. The van der Waals surface area contributed by atoms with E-state index >= 15 is 0 Å². The summed E-state index contributed by atoms with van der Waals surface area (Å²) in [5.74, 6) is -0.313. The molecule has 58 valence electrons. The zero-order valence-electron chi connectivity index (χ0n) is 5.86. The van der Waals surface area contributed by atoms with Gasteiger partial charge in [-0.2, -0.15) is 0 Å². The van der Waals surface area contributed by atoms with Crippen LogP contribution in [0.2, 0.25) is 0 Å². The molecule has 0 saturated carbocycles. The summed E-state index contributed by atoms with van der Waals surface area (Å²) in [5, 5.41) is 0. The van der Waals surface area contributed by atoms with Gasteiger partial charge in [-0.25, -0.2) is 0 Å². The molecule has 0 spiro atoms. The molecule has 0 atom stereocenters. The highest BCUT2D eigenvalue weighted by atomic mass is 32.2. The van der Waals surface area contributed by atoms with Crippen LogP contribution in [0.25, 0.3) is 0 Å². The highest BCUT2D eigenvalue weighted by Gasteiger charge is 2.01. The fourth-order valence-corrected chi connectivity index (χ4v) is 1.29. The highest BCUT2D eigenvalue weighted by Crippen LogP contribution is 2.18. The maximum absolute atomic E-state index is 10.5. The molecule has 1 heterocycles. The van der Waals surface area contributed by atoms with Crippen LogP contribution in [0.5, 0.6) is 0 Å². The molecular formula is C7H8N2OS. The largest absolute Gasteiger partial charge is 0.369 e. The van der Waals surface area contributed by atoms with E-state index in [2.05, 4.69) is 4.99 Å². The molecule has 1 amide bonds. The molecule has 0 fully saturated rings. The van der Waals surface area contributed by atoms with Crippen LogP contribution in [-0.4, -0.2) is 11.5 Å². The summed E-state index contributed by atoms with van der Waals surface area (Å²) in [4.78, 5) is 15.3. The first-order chi connectivity index (χ1) is 5.29. The van der Waals surface area contributed by atoms with Crippen molar-refractivity contribution in [1.82, 2.24) is 0 Å². The number of thioether (sulfide) groups is 1. The van der Waals surface area contributed by atoms with Crippen LogP contribution in [0.1, 0.15) is 6.42 Å². The monoisotopic (exact) mass is 168 g/mol. The Labute approximate surface area is 69.1 Å². The number of primary amides is 1. The first-order valence-electron chi connectivity index (χ1n) is 3.11. The van der Waals surface area contributed by atoms with E-state index in [0.717, 1.165) is 4.91 Å². The zero-order valence-corrected chi connectivity index (χ0v) is 6.67. The molecule has 4 heteroatoms. The average Bonchev–Trinajstić information content (AvgIpc) is 2.14. The second-order valence-corrected chi connectivity index (χ2v) is 2.96. The van der Waals surface area contributed by atoms with Crippen molar-refractivity contribution in [2.24, 2.45) is 10.7 Å². The van der Waals surface area contributed by atoms with Crippen molar-refractivity contribution in [3.63, 3.8) is 0 Å². The summed E-state index contributed by atoms with van der Waals surface area (Å²) in [6, 6.07) is 0. The molecular weight excluding hydrogens is 160 g/mol. The third-order valence-corrected chi connectivity index (χ3v) is 1.88. The van der Waals surface area contributed by atoms with Gasteiger partial charge in [0.2, 0.25) is 5.91 Å². The molecule has 0 aliphatic carbocycles. The quantitative estimate of drug-likeness (QED) is 0.669. The van der Waals surface area contributed by atoms with E-state index in [1.807, 2.05) is 6.08 Å². The van der Waals surface area contributed by atoms with Crippen molar-refractivity contribution in [2.75, 3.05) is 0 Å². The van der Waals surface area contributed by atoms with Gasteiger partial charge in [-0.1, -0.05) is 17.8 Å². The van der Waals surface area contributed by atoms with E-state index in [9.17, 15) is 4.79 Å². The minimum atomic E-state index is -0.313. The fourth-order valence-electron chi connectivity index (χ4n) is 0.645. The van der Waals surface area contributed by atoms with Gasteiger partial charge in [-0.3, -0.25) is 9.79 Å². The Balaban J connectivity index is 2.57. The average molecular weight is 168 g/mol. The number of nitrogens with two attached hydrogens (primary N) is 1. The second kappa shape index (κ2) is 3.98. The van der Waals surface area contributed by atoms with Gasteiger partial charge in [0, 0.05) is 11.1 Å². The summed E-state index contributed by atoms with van der Waals surface area (Å²) in [5.41, 5.74) is 6.69. The number of carbonyl (C=O) groups is 1. The number of aliphatic imine (C=N–C) groups is 1.